The van der Waals surface area contributed by atoms with Crippen LogP contribution in [-0.4, -0.2) is 37.1 Å². The Hall–Kier alpha value is -2.07. The summed E-state index contributed by atoms with van der Waals surface area (Å²) in [6.45, 7) is 4.61. The molecule has 0 aromatic carbocycles. The molecule has 0 radical (unpaired) electrons. The lowest BCUT2D eigenvalue weighted by Gasteiger charge is -2.23. The second-order valence-corrected chi connectivity index (χ2v) is 8.11. The Labute approximate surface area is 162 Å². The lowest BCUT2D eigenvalue weighted by molar-refractivity contribution is -0.101. The van der Waals surface area contributed by atoms with Crippen molar-refractivity contribution in [3.63, 3.8) is 0 Å². The standard InChI is InChI=1S/C21H23NO4S/c1-15-10-17(26-14-18-13-24-8-9-25-18)11-21(23)22(15)12-20-7-6-19(27-20)5-4-16-2-3-16/h6-7,10-11,16,18H,2-3,8-9,12-14H2,1H3. The molecule has 27 heavy (non-hydrogen) atoms. The molecule has 1 atom stereocenters. The van der Waals surface area contributed by atoms with Gasteiger partial charge >= 0.3 is 0 Å². The lowest BCUT2D eigenvalue weighted by Crippen LogP contribution is -2.33. The Bertz CT molecular complexity index is 910. The zero-order chi connectivity index (χ0) is 18.6. The van der Waals surface area contributed by atoms with Crippen LogP contribution in [0.3, 0.4) is 0 Å². The number of nitrogens with zero attached hydrogens (tertiary/aromatic N) is 1. The summed E-state index contributed by atoms with van der Waals surface area (Å²) in [6.07, 6.45) is 2.38. The molecule has 1 saturated heterocycles. The second-order valence-electron chi connectivity index (χ2n) is 6.95. The second kappa shape index (κ2) is 8.30. The molecule has 142 valence electrons. The number of hydrogen-bond donors (Lipinski definition) is 0. The van der Waals surface area contributed by atoms with Crippen LogP contribution < -0.4 is 10.3 Å². The summed E-state index contributed by atoms with van der Waals surface area (Å²) < 4.78 is 18.4. The minimum atomic E-state index is -0.0808. The molecule has 1 aliphatic heterocycles. The van der Waals surface area contributed by atoms with Gasteiger partial charge < -0.3 is 18.8 Å². The van der Waals surface area contributed by atoms with Crippen molar-refractivity contribution >= 4 is 11.3 Å². The molecule has 2 aliphatic rings. The number of pyridine rings is 1. The first-order chi connectivity index (χ1) is 13.2. The van der Waals surface area contributed by atoms with Crippen LogP contribution in [0.15, 0.2) is 29.1 Å². The van der Waals surface area contributed by atoms with E-state index in [2.05, 4.69) is 17.9 Å². The lowest BCUT2D eigenvalue weighted by atomic mass is 10.3. The van der Waals surface area contributed by atoms with Crippen molar-refractivity contribution in [2.45, 2.75) is 32.4 Å². The van der Waals surface area contributed by atoms with E-state index in [-0.39, 0.29) is 11.7 Å². The number of rotatable bonds is 5. The highest BCUT2D eigenvalue weighted by molar-refractivity contribution is 7.12. The SMILES string of the molecule is Cc1cc(OCC2COCCO2)cc(=O)n1Cc1ccc(C#CC2CC2)s1. The van der Waals surface area contributed by atoms with Crippen molar-refractivity contribution in [2.24, 2.45) is 5.92 Å². The molecule has 6 heteroatoms. The summed E-state index contributed by atoms with van der Waals surface area (Å²) in [5.41, 5.74) is 0.808. The Morgan fingerprint density at radius 2 is 2.19 bits per heavy atom. The molecule has 1 unspecified atom stereocenters. The fourth-order valence-electron chi connectivity index (χ4n) is 2.89. The number of aromatic nitrogens is 1. The Balaban J connectivity index is 1.41. The molecule has 0 bridgehead atoms. The zero-order valence-electron chi connectivity index (χ0n) is 15.4. The molecule has 2 aromatic rings. The minimum Gasteiger partial charge on any atom is -0.491 e. The van der Waals surface area contributed by atoms with Crippen molar-refractivity contribution in [3.8, 4) is 17.6 Å². The third-order valence-corrected chi connectivity index (χ3v) is 5.57. The third kappa shape index (κ3) is 5.01. The normalized spacial score (nSPS) is 19.4. The van der Waals surface area contributed by atoms with E-state index in [0.717, 1.165) is 15.4 Å². The molecule has 1 aliphatic carbocycles. The van der Waals surface area contributed by atoms with Crippen molar-refractivity contribution in [1.82, 2.24) is 4.57 Å². The molecule has 2 aromatic heterocycles. The molecule has 0 N–H and O–H groups in total. The van der Waals surface area contributed by atoms with Crippen LogP contribution in [-0.2, 0) is 16.0 Å². The van der Waals surface area contributed by atoms with Gasteiger partial charge in [0.15, 0.2) is 0 Å². The van der Waals surface area contributed by atoms with Crippen LogP contribution in [0, 0.1) is 24.7 Å². The van der Waals surface area contributed by atoms with Gasteiger partial charge in [0.05, 0.1) is 31.2 Å². The van der Waals surface area contributed by atoms with Crippen molar-refractivity contribution in [3.05, 3.63) is 50.1 Å². The van der Waals surface area contributed by atoms with Crippen LogP contribution in [0.5, 0.6) is 5.75 Å². The maximum Gasteiger partial charge on any atom is 0.254 e. The smallest absolute Gasteiger partial charge is 0.254 e. The van der Waals surface area contributed by atoms with Gasteiger partial charge in [-0.05, 0) is 38.0 Å². The summed E-state index contributed by atoms with van der Waals surface area (Å²) >= 11 is 1.65. The van der Waals surface area contributed by atoms with E-state index >= 15 is 0 Å². The summed E-state index contributed by atoms with van der Waals surface area (Å²) in [4.78, 5) is 14.7. The van der Waals surface area contributed by atoms with Crippen LogP contribution >= 0.6 is 11.3 Å². The van der Waals surface area contributed by atoms with Gasteiger partial charge in [-0.3, -0.25) is 4.79 Å². The Morgan fingerprint density at radius 1 is 1.30 bits per heavy atom. The monoisotopic (exact) mass is 385 g/mol. The summed E-state index contributed by atoms with van der Waals surface area (Å²) in [7, 11) is 0. The quantitative estimate of drug-likeness (QED) is 0.743. The molecule has 2 fully saturated rings. The highest BCUT2D eigenvalue weighted by Crippen LogP contribution is 2.28. The average molecular weight is 385 g/mol. The summed E-state index contributed by atoms with van der Waals surface area (Å²) in [5, 5.41) is 0. The van der Waals surface area contributed by atoms with Gasteiger partial charge in [0, 0.05) is 22.6 Å². The van der Waals surface area contributed by atoms with Crippen LogP contribution in [0.2, 0.25) is 0 Å². The minimum absolute atomic E-state index is 0.0650. The van der Waals surface area contributed by atoms with Crippen LogP contribution in [0.1, 0.15) is 28.3 Å². The van der Waals surface area contributed by atoms with Gasteiger partial charge in [-0.2, -0.15) is 0 Å². The van der Waals surface area contributed by atoms with Gasteiger partial charge in [0.25, 0.3) is 5.56 Å². The van der Waals surface area contributed by atoms with Gasteiger partial charge in [-0.25, -0.2) is 0 Å². The molecule has 3 heterocycles. The van der Waals surface area contributed by atoms with Crippen molar-refractivity contribution in [1.29, 1.82) is 0 Å². The maximum atomic E-state index is 12.6. The van der Waals surface area contributed by atoms with E-state index in [4.69, 9.17) is 14.2 Å². The zero-order valence-corrected chi connectivity index (χ0v) is 16.2. The predicted octanol–water partition coefficient (Wildman–Crippen LogP) is 2.82. The Kier molecular flexibility index (Phi) is 5.63. The van der Waals surface area contributed by atoms with Crippen molar-refractivity contribution in [2.75, 3.05) is 26.4 Å². The largest absolute Gasteiger partial charge is 0.491 e. The molecule has 4 rings (SSSR count). The first-order valence-electron chi connectivity index (χ1n) is 9.31. The van der Waals surface area contributed by atoms with Gasteiger partial charge in [-0.15, -0.1) is 11.3 Å². The highest BCUT2D eigenvalue weighted by Gasteiger charge is 2.18. The summed E-state index contributed by atoms with van der Waals surface area (Å²) in [5.74, 6) is 7.69. The number of thiophene rings is 1. The average Bonchev–Trinajstić information content (AvgIpc) is 3.40. The molecule has 1 saturated carbocycles. The fraction of sp³-hybridized carbons (Fsp3) is 0.476. The van der Waals surface area contributed by atoms with E-state index in [1.54, 1.807) is 15.9 Å². The number of hydrogen-bond acceptors (Lipinski definition) is 5. The topological polar surface area (TPSA) is 49.7 Å². The van der Waals surface area contributed by atoms with E-state index in [1.165, 1.54) is 18.9 Å². The van der Waals surface area contributed by atoms with E-state index in [1.807, 2.05) is 19.1 Å². The molecule has 0 spiro atoms. The highest BCUT2D eigenvalue weighted by atomic mass is 32.1. The van der Waals surface area contributed by atoms with Gasteiger partial charge in [0.2, 0.25) is 0 Å². The number of aryl methyl sites for hydroxylation is 1. The van der Waals surface area contributed by atoms with Crippen molar-refractivity contribution < 1.29 is 14.2 Å². The van der Waals surface area contributed by atoms with E-state index < -0.39 is 0 Å². The molecule has 5 nitrogen and oxygen atoms in total. The molecule has 0 amide bonds. The van der Waals surface area contributed by atoms with Crippen LogP contribution in [0.4, 0.5) is 0 Å². The number of ether oxygens (including phenoxy) is 3. The predicted molar refractivity (Wildman–Crippen MR) is 105 cm³/mol. The first kappa shape index (κ1) is 18.3. The summed E-state index contributed by atoms with van der Waals surface area (Å²) in [6, 6.07) is 7.53. The maximum absolute atomic E-state index is 12.6. The van der Waals surface area contributed by atoms with Gasteiger partial charge in [-0.1, -0.05) is 11.8 Å². The molecular weight excluding hydrogens is 362 g/mol. The molecular formula is C21H23NO4S. The third-order valence-electron chi connectivity index (χ3n) is 4.58. The van der Waals surface area contributed by atoms with Gasteiger partial charge in [0.1, 0.15) is 18.5 Å². The van der Waals surface area contributed by atoms with Crippen LogP contribution in [0.25, 0.3) is 0 Å². The Morgan fingerprint density at radius 3 is 2.93 bits per heavy atom. The van der Waals surface area contributed by atoms with E-state index in [9.17, 15) is 4.79 Å². The van der Waals surface area contributed by atoms with E-state index in [0.29, 0.717) is 44.6 Å². The first-order valence-corrected chi connectivity index (χ1v) is 10.1. The fourth-order valence-corrected chi connectivity index (χ4v) is 3.75.